The van der Waals surface area contributed by atoms with Gasteiger partial charge in [0.25, 0.3) is 0 Å². The third-order valence-corrected chi connectivity index (χ3v) is 3.26. The van der Waals surface area contributed by atoms with Crippen LogP contribution in [0, 0.1) is 17.7 Å². The molecule has 0 aliphatic heterocycles. The van der Waals surface area contributed by atoms with E-state index in [1.54, 1.807) is 25.1 Å². The highest BCUT2D eigenvalue weighted by Crippen LogP contribution is 2.13. The maximum absolute atomic E-state index is 13.4. The third kappa shape index (κ3) is 4.99. The Balaban J connectivity index is 2.39. The van der Waals surface area contributed by atoms with Crippen molar-refractivity contribution in [1.29, 1.82) is 0 Å². The Bertz CT molecular complexity index is 476. The molecule has 0 radical (unpaired) electrons. The zero-order valence-corrected chi connectivity index (χ0v) is 11.7. The molecule has 1 aromatic carbocycles. The molecule has 1 rings (SSSR count). The molecule has 110 valence electrons. The number of carbonyl (C=O) groups is 2. The van der Waals surface area contributed by atoms with Gasteiger partial charge >= 0.3 is 5.97 Å². The Morgan fingerprint density at radius 3 is 2.50 bits per heavy atom. The number of amides is 1. The molecule has 0 bridgehead atoms. The highest BCUT2D eigenvalue weighted by atomic mass is 19.1. The minimum Gasteiger partial charge on any atom is -0.481 e. The van der Waals surface area contributed by atoms with Gasteiger partial charge in [-0.3, -0.25) is 9.59 Å². The van der Waals surface area contributed by atoms with Crippen LogP contribution in [0.2, 0.25) is 0 Å². The van der Waals surface area contributed by atoms with Crippen LogP contribution in [-0.2, 0) is 16.0 Å². The summed E-state index contributed by atoms with van der Waals surface area (Å²) in [6, 6.07) is 6.49. The van der Waals surface area contributed by atoms with Crippen molar-refractivity contribution in [1.82, 2.24) is 5.32 Å². The van der Waals surface area contributed by atoms with E-state index in [-0.39, 0.29) is 24.2 Å². The van der Waals surface area contributed by atoms with Crippen molar-refractivity contribution in [2.24, 2.45) is 11.8 Å². The lowest BCUT2D eigenvalue weighted by Crippen LogP contribution is -2.35. The van der Waals surface area contributed by atoms with Gasteiger partial charge in [-0.15, -0.1) is 0 Å². The molecule has 0 aliphatic carbocycles. The normalized spacial score (nSPS) is 13.6. The largest absolute Gasteiger partial charge is 0.481 e. The molecule has 4 nitrogen and oxygen atoms in total. The van der Waals surface area contributed by atoms with E-state index in [0.717, 1.165) is 0 Å². The number of aryl methyl sites for hydroxylation is 1. The minimum atomic E-state index is -0.940. The standard InChI is InChI=1S/C15H20FNO3/c1-10(14(18)17-9-11(2)15(19)20)7-8-12-5-3-4-6-13(12)16/h3-6,10-11H,7-9H2,1-2H3,(H,17,18)(H,19,20). The van der Waals surface area contributed by atoms with Crippen LogP contribution in [0.15, 0.2) is 24.3 Å². The van der Waals surface area contributed by atoms with E-state index in [4.69, 9.17) is 5.11 Å². The van der Waals surface area contributed by atoms with Crippen LogP contribution in [0.5, 0.6) is 0 Å². The number of aliphatic carboxylic acids is 1. The zero-order chi connectivity index (χ0) is 15.1. The fraction of sp³-hybridized carbons (Fsp3) is 0.467. The summed E-state index contributed by atoms with van der Waals surface area (Å²) in [6.45, 7) is 3.40. The van der Waals surface area contributed by atoms with Gasteiger partial charge in [-0.2, -0.15) is 0 Å². The number of carboxylic acids is 1. The van der Waals surface area contributed by atoms with E-state index in [0.29, 0.717) is 18.4 Å². The number of nitrogens with one attached hydrogen (secondary N) is 1. The topological polar surface area (TPSA) is 66.4 Å². The fourth-order valence-corrected chi connectivity index (χ4v) is 1.72. The van der Waals surface area contributed by atoms with Crippen LogP contribution in [0.25, 0.3) is 0 Å². The van der Waals surface area contributed by atoms with Crippen molar-refractivity contribution in [3.8, 4) is 0 Å². The molecule has 2 atom stereocenters. The van der Waals surface area contributed by atoms with Gasteiger partial charge in [0, 0.05) is 12.5 Å². The first-order valence-corrected chi connectivity index (χ1v) is 6.65. The van der Waals surface area contributed by atoms with Gasteiger partial charge in [-0.25, -0.2) is 4.39 Å². The van der Waals surface area contributed by atoms with Crippen molar-refractivity contribution in [2.45, 2.75) is 26.7 Å². The lowest BCUT2D eigenvalue weighted by Gasteiger charge is -2.14. The molecule has 1 aromatic rings. The van der Waals surface area contributed by atoms with Crippen molar-refractivity contribution < 1.29 is 19.1 Å². The number of carbonyl (C=O) groups excluding carboxylic acids is 1. The number of halogens is 1. The van der Waals surface area contributed by atoms with Crippen LogP contribution >= 0.6 is 0 Å². The van der Waals surface area contributed by atoms with E-state index in [1.165, 1.54) is 13.0 Å². The molecular formula is C15H20FNO3. The summed E-state index contributed by atoms with van der Waals surface area (Å²) < 4.78 is 13.4. The molecule has 0 fully saturated rings. The summed E-state index contributed by atoms with van der Waals surface area (Å²) in [6.07, 6.45) is 1.00. The highest BCUT2D eigenvalue weighted by Gasteiger charge is 2.16. The third-order valence-electron chi connectivity index (χ3n) is 3.26. The van der Waals surface area contributed by atoms with Gasteiger partial charge in [-0.05, 0) is 24.5 Å². The first-order valence-electron chi connectivity index (χ1n) is 6.65. The molecule has 5 heteroatoms. The Morgan fingerprint density at radius 2 is 1.90 bits per heavy atom. The Kier molecular flexibility index (Phi) is 6.15. The van der Waals surface area contributed by atoms with E-state index in [2.05, 4.69) is 5.32 Å². The predicted octanol–water partition coefficient (Wildman–Crippen LogP) is 2.23. The van der Waals surface area contributed by atoms with Crippen molar-refractivity contribution in [3.63, 3.8) is 0 Å². The summed E-state index contributed by atoms with van der Waals surface area (Å²) in [5, 5.41) is 11.3. The average Bonchev–Trinajstić information content (AvgIpc) is 2.42. The predicted molar refractivity (Wildman–Crippen MR) is 73.7 cm³/mol. The number of rotatable bonds is 7. The summed E-state index contributed by atoms with van der Waals surface area (Å²) in [7, 11) is 0. The summed E-state index contributed by atoms with van der Waals surface area (Å²) >= 11 is 0. The Morgan fingerprint density at radius 1 is 1.25 bits per heavy atom. The SMILES string of the molecule is CC(CNC(=O)C(C)CCc1ccccc1F)C(=O)O. The summed E-state index contributed by atoms with van der Waals surface area (Å²) in [5.41, 5.74) is 0.589. The molecule has 0 heterocycles. The van der Waals surface area contributed by atoms with Crippen LogP contribution in [0.4, 0.5) is 4.39 Å². The molecule has 0 spiro atoms. The Labute approximate surface area is 118 Å². The molecule has 1 amide bonds. The maximum Gasteiger partial charge on any atom is 0.308 e. The van der Waals surface area contributed by atoms with Gasteiger partial charge in [0.2, 0.25) is 5.91 Å². The smallest absolute Gasteiger partial charge is 0.308 e. The minimum absolute atomic E-state index is 0.109. The molecule has 0 saturated heterocycles. The molecule has 0 aromatic heterocycles. The van der Waals surface area contributed by atoms with Crippen molar-refractivity contribution in [2.75, 3.05) is 6.54 Å². The molecular weight excluding hydrogens is 261 g/mol. The van der Waals surface area contributed by atoms with Crippen molar-refractivity contribution >= 4 is 11.9 Å². The fourth-order valence-electron chi connectivity index (χ4n) is 1.72. The van der Waals surface area contributed by atoms with E-state index < -0.39 is 11.9 Å². The lowest BCUT2D eigenvalue weighted by molar-refractivity contribution is -0.141. The quantitative estimate of drug-likeness (QED) is 0.805. The van der Waals surface area contributed by atoms with Crippen molar-refractivity contribution in [3.05, 3.63) is 35.6 Å². The number of benzene rings is 1. The van der Waals surface area contributed by atoms with Gasteiger partial charge in [0.1, 0.15) is 5.82 Å². The number of hydrogen-bond acceptors (Lipinski definition) is 2. The summed E-state index contributed by atoms with van der Waals surface area (Å²) in [5.74, 6) is -2.30. The number of hydrogen-bond donors (Lipinski definition) is 2. The van der Waals surface area contributed by atoms with Gasteiger partial charge in [0.15, 0.2) is 0 Å². The number of carboxylic acid groups (broad SMARTS) is 1. The first-order chi connectivity index (χ1) is 9.41. The zero-order valence-electron chi connectivity index (χ0n) is 11.7. The maximum atomic E-state index is 13.4. The molecule has 20 heavy (non-hydrogen) atoms. The lowest BCUT2D eigenvalue weighted by atomic mass is 10.00. The molecule has 0 aliphatic rings. The van der Waals surface area contributed by atoms with Gasteiger partial charge in [0.05, 0.1) is 5.92 Å². The van der Waals surface area contributed by atoms with Gasteiger partial charge in [-0.1, -0.05) is 32.0 Å². The second-order valence-corrected chi connectivity index (χ2v) is 5.02. The van der Waals surface area contributed by atoms with Crippen LogP contribution < -0.4 is 5.32 Å². The first kappa shape index (κ1) is 16.1. The molecule has 2 N–H and O–H groups in total. The van der Waals surface area contributed by atoms with E-state index >= 15 is 0 Å². The molecule has 0 saturated carbocycles. The second-order valence-electron chi connectivity index (χ2n) is 5.02. The van der Waals surface area contributed by atoms with Crippen LogP contribution in [0.1, 0.15) is 25.8 Å². The monoisotopic (exact) mass is 281 g/mol. The van der Waals surface area contributed by atoms with Crippen LogP contribution in [0.3, 0.4) is 0 Å². The van der Waals surface area contributed by atoms with Gasteiger partial charge < -0.3 is 10.4 Å². The van der Waals surface area contributed by atoms with Crippen LogP contribution in [-0.4, -0.2) is 23.5 Å². The molecule has 2 unspecified atom stereocenters. The average molecular weight is 281 g/mol. The highest BCUT2D eigenvalue weighted by molar-refractivity contribution is 5.79. The van der Waals surface area contributed by atoms with E-state index in [1.807, 2.05) is 0 Å². The summed E-state index contributed by atoms with van der Waals surface area (Å²) in [4.78, 5) is 22.4. The second kappa shape index (κ2) is 7.62. The van der Waals surface area contributed by atoms with E-state index in [9.17, 15) is 14.0 Å². The Hall–Kier alpha value is -1.91.